The first-order valence-electron chi connectivity index (χ1n) is 9.25. The van der Waals surface area contributed by atoms with Crippen LogP contribution in [0.4, 0.5) is 0 Å². The van der Waals surface area contributed by atoms with E-state index in [-0.39, 0.29) is 6.15 Å². The molecule has 4 nitrogen and oxygen atoms in total. The number of hydrogen-bond donors (Lipinski definition) is 0. The predicted octanol–water partition coefficient (Wildman–Crippen LogP) is 5.51. The number of benzene rings is 3. The average molecular weight is 383 g/mol. The molecule has 0 bridgehead atoms. The minimum atomic E-state index is 0.250. The van der Waals surface area contributed by atoms with Gasteiger partial charge in [0.25, 0.3) is 0 Å². The number of pyridine rings is 1. The molecule has 0 saturated heterocycles. The highest BCUT2D eigenvalue weighted by molar-refractivity contribution is 5.93. The Labute approximate surface area is 169 Å². The highest BCUT2D eigenvalue weighted by atomic mass is 16.5. The third-order valence-corrected chi connectivity index (χ3v) is 4.76. The molecular weight excluding hydrogens is 362 g/mol. The normalized spacial score (nSPS) is 10.0. The minimum Gasteiger partial charge on any atom is -0.487 e. The maximum absolute atomic E-state index is 8.12. The molecule has 4 aromatic rings. The minimum absolute atomic E-state index is 0.250. The van der Waals surface area contributed by atoms with Crippen LogP contribution in [0.5, 0.6) is 5.75 Å². The Bertz CT molecular complexity index is 1160. The van der Waals surface area contributed by atoms with Gasteiger partial charge in [0.15, 0.2) is 0 Å². The molecule has 3 aromatic carbocycles. The molecule has 0 spiro atoms. The van der Waals surface area contributed by atoms with Gasteiger partial charge in [0.2, 0.25) is 0 Å². The Morgan fingerprint density at radius 1 is 0.862 bits per heavy atom. The van der Waals surface area contributed by atoms with Gasteiger partial charge in [-0.05, 0) is 59.7 Å². The molecule has 144 valence electrons. The first kappa shape index (κ1) is 20.0. The molecule has 29 heavy (non-hydrogen) atoms. The second-order valence-corrected chi connectivity index (χ2v) is 6.65. The van der Waals surface area contributed by atoms with Crippen LogP contribution in [0.25, 0.3) is 21.9 Å². The summed E-state index contributed by atoms with van der Waals surface area (Å²) in [7, 11) is 0. The van der Waals surface area contributed by atoms with E-state index in [0.717, 1.165) is 22.4 Å². The fourth-order valence-electron chi connectivity index (χ4n) is 3.26. The van der Waals surface area contributed by atoms with Crippen LogP contribution >= 0.6 is 0 Å². The second-order valence-electron chi connectivity index (χ2n) is 6.65. The summed E-state index contributed by atoms with van der Waals surface area (Å²) >= 11 is 0. The van der Waals surface area contributed by atoms with E-state index in [1.54, 1.807) is 0 Å². The lowest BCUT2D eigenvalue weighted by Gasteiger charge is -2.14. The van der Waals surface area contributed by atoms with Crippen LogP contribution in [0.2, 0.25) is 0 Å². The zero-order valence-corrected chi connectivity index (χ0v) is 16.4. The molecule has 0 unspecified atom stereocenters. The summed E-state index contributed by atoms with van der Waals surface area (Å²) in [5, 5.41) is 2.31. The number of aryl methyl sites for hydroxylation is 2. The van der Waals surface area contributed by atoms with Crippen molar-refractivity contribution in [1.82, 2.24) is 4.98 Å². The summed E-state index contributed by atoms with van der Waals surface area (Å²) in [4.78, 5) is 20.7. The van der Waals surface area contributed by atoms with Crippen molar-refractivity contribution in [2.24, 2.45) is 0 Å². The van der Waals surface area contributed by atoms with Crippen molar-refractivity contribution in [1.29, 1.82) is 0 Å². The monoisotopic (exact) mass is 383 g/mol. The first-order chi connectivity index (χ1) is 14.1. The molecule has 0 aliphatic heterocycles. The van der Waals surface area contributed by atoms with Crippen LogP contribution in [0.1, 0.15) is 16.8 Å². The number of ether oxygens (including phenoxy) is 1. The first-order valence-corrected chi connectivity index (χ1v) is 9.25. The lowest BCUT2D eigenvalue weighted by molar-refractivity contribution is -0.191. The van der Waals surface area contributed by atoms with Gasteiger partial charge in [-0.25, -0.2) is 0 Å². The van der Waals surface area contributed by atoms with E-state index in [1.807, 2.05) is 12.3 Å². The standard InChI is InChI=1S/C24H21NO.CO2/c1-17-8-3-5-11-21(17)20-14-19-10-4-6-12-22(19)24(15-20)26-16-23-18(2)9-7-13-25-23;2-1-3/h3-15H,16H2,1-2H3;. The summed E-state index contributed by atoms with van der Waals surface area (Å²) in [5.74, 6) is 0.895. The Morgan fingerprint density at radius 2 is 1.55 bits per heavy atom. The third-order valence-electron chi connectivity index (χ3n) is 4.76. The van der Waals surface area contributed by atoms with E-state index < -0.39 is 0 Å². The van der Waals surface area contributed by atoms with E-state index in [1.165, 1.54) is 22.1 Å². The topological polar surface area (TPSA) is 56.3 Å². The molecule has 0 aliphatic rings. The van der Waals surface area contributed by atoms with Gasteiger partial charge in [0.05, 0.1) is 5.69 Å². The van der Waals surface area contributed by atoms with Gasteiger partial charge < -0.3 is 4.74 Å². The summed E-state index contributed by atoms with van der Waals surface area (Å²) in [6.45, 7) is 4.67. The van der Waals surface area contributed by atoms with Crippen LogP contribution in [0.15, 0.2) is 79.0 Å². The molecule has 0 fully saturated rings. The van der Waals surface area contributed by atoms with Gasteiger partial charge in [-0.2, -0.15) is 9.59 Å². The molecule has 0 saturated carbocycles. The highest BCUT2D eigenvalue weighted by Gasteiger charge is 2.09. The van der Waals surface area contributed by atoms with Crippen molar-refractivity contribution in [2.75, 3.05) is 0 Å². The quantitative estimate of drug-likeness (QED) is 0.466. The molecule has 1 aromatic heterocycles. The number of carbonyl (C=O) groups excluding carboxylic acids is 2. The van der Waals surface area contributed by atoms with Crippen molar-refractivity contribution in [2.45, 2.75) is 20.5 Å². The van der Waals surface area contributed by atoms with Crippen molar-refractivity contribution in [3.8, 4) is 16.9 Å². The summed E-state index contributed by atoms with van der Waals surface area (Å²) in [6, 6.07) is 25.2. The fraction of sp³-hybridized carbons (Fsp3) is 0.120. The molecule has 0 amide bonds. The molecule has 1 heterocycles. The van der Waals surface area contributed by atoms with Gasteiger partial charge >= 0.3 is 6.15 Å². The molecule has 0 N–H and O–H groups in total. The number of aromatic nitrogens is 1. The van der Waals surface area contributed by atoms with Gasteiger partial charge in [0.1, 0.15) is 12.4 Å². The van der Waals surface area contributed by atoms with Gasteiger partial charge in [-0.1, -0.05) is 54.6 Å². The second kappa shape index (κ2) is 9.45. The van der Waals surface area contributed by atoms with Crippen molar-refractivity contribution in [3.05, 3.63) is 95.8 Å². The highest BCUT2D eigenvalue weighted by Crippen LogP contribution is 2.34. The van der Waals surface area contributed by atoms with E-state index in [0.29, 0.717) is 6.61 Å². The zero-order valence-electron chi connectivity index (χ0n) is 16.4. The molecule has 0 radical (unpaired) electrons. The van der Waals surface area contributed by atoms with Gasteiger partial charge in [-0.15, -0.1) is 0 Å². The maximum atomic E-state index is 8.12. The average Bonchev–Trinajstić information content (AvgIpc) is 2.74. The Morgan fingerprint density at radius 3 is 2.31 bits per heavy atom. The molecule has 4 heteroatoms. The molecular formula is C25H21NO3. The van der Waals surface area contributed by atoms with E-state index in [9.17, 15) is 0 Å². The van der Waals surface area contributed by atoms with E-state index in [2.05, 4.69) is 85.6 Å². The molecule has 4 rings (SSSR count). The van der Waals surface area contributed by atoms with Crippen LogP contribution < -0.4 is 4.74 Å². The third kappa shape index (κ3) is 4.75. The maximum Gasteiger partial charge on any atom is 0.373 e. The van der Waals surface area contributed by atoms with Gasteiger partial charge in [-0.3, -0.25) is 4.98 Å². The smallest absolute Gasteiger partial charge is 0.373 e. The molecule has 0 atom stereocenters. The Kier molecular flexibility index (Phi) is 6.51. The predicted molar refractivity (Wildman–Crippen MR) is 112 cm³/mol. The number of fused-ring (bicyclic) bond motifs is 1. The van der Waals surface area contributed by atoms with Crippen LogP contribution in [-0.4, -0.2) is 11.1 Å². The summed E-state index contributed by atoms with van der Waals surface area (Å²) in [6.07, 6.45) is 2.06. The SMILES string of the molecule is Cc1ccccc1-c1cc(OCc2ncccc2C)c2ccccc2c1.O=C=O. The number of nitrogens with zero attached hydrogens (tertiary/aromatic N) is 1. The van der Waals surface area contributed by atoms with Gasteiger partial charge in [0, 0.05) is 11.6 Å². The number of hydrogen-bond acceptors (Lipinski definition) is 4. The fourth-order valence-corrected chi connectivity index (χ4v) is 3.26. The van der Waals surface area contributed by atoms with E-state index >= 15 is 0 Å². The largest absolute Gasteiger partial charge is 0.487 e. The van der Waals surface area contributed by atoms with Crippen LogP contribution in [0.3, 0.4) is 0 Å². The Balaban J connectivity index is 0.000000755. The van der Waals surface area contributed by atoms with Crippen molar-refractivity contribution < 1.29 is 14.3 Å². The van der Waals surface area contributed by atoms with Crippen molar-refractivity contribution >= 4 is 16.9 Å². The van der Waals surface area contributed by atoms with E-state index in [4.69, 9.17) is 14.3 Å². The summed E-state index contributed by atoms with van der Waals surface area (Å²) in [5.41, 5.74) is 5.78. The molecule has 0 aliphatic carbocycles. The van der Waals surface area contributed by atoms with Crippen LogP contribution in [0, 0.1) is 13.8 Å². The van der Waals surface area contributed by atoms with Crippen molar-refractivity contribution in [3.63, 3.8) is 0 Å². The number of rotatable bonds is 4. The lowest BCUT2D eigenvalue weighted by atomic mass is 9.97. The zero-order chi connectivity index (χ0) is 20.6. The Hall–Kier alpha value is -3.75. The summed E-state index contributed by atoms with van der Waals surface area (Å²) < 4.78 is 6.23. The van der Waals surface area contributed by atoms with Crippen LogP contribution in [-0.2, 0) is 16.2 Å². The lowest BCUT2D eigenvalue weighted by Crippen LogP contribution is -2.01.